The van der Waals surface area contributed by atoms with E-state index in [1.54, 1.807) is 33.8 Å². The van der Waals surface area contributed by atoms with Gasteiger partial charge in [-0.2, -0.15) is 0 Å². The molecule has 1 N–H and O–H groups in total. The Morgan fingerprint density at radius 1 is 1.07 bits per heavy atom. The maximum Gasteiger partial charge on any atom is 0.220 e. The number of nitrogens with zero attached hydrogens (tertiary/aromatic N) is 1. The number of hydrogen-bond acceptors (Lipinski definition) is 6. The third-order valence-corrected chi connectivity index (χ3v) is 4.49. The third-order valence-electron chi connectivity index (χ3n) is 4.49. The number of pyridine rings is 1. The molecule has 2 heterocycles. The van der Waals surface area contributed by atoms with E-state index in [1.807, 2.05) is 36.4 Å². The zero-order valence-electron chi connectivity index (χ0n) is 16.7. The maximum absolute atomic E-state index is 12.3. The van der Waals surface area contributed by atoms with Crippen molar-refractivity contribution in [1.29, 1.82) is 0 Å². The van der Waals surface area contributed by atoms with E-state index >= 15 is 0 Å². The highest BCUT2D eigenvalue weighted by Gasteiger charge is 2.16. The van der Waals surface area contributed by atoms with Gasteiger partial charge in [-0.3, -0.25) is 9.78 Å². The van der Waals surface area contributed by atoms with E-state index in [-0.39, 0.29) is 5.91 Å². The van der Waals surface area contributed by atoms with Gasteiger partial charge in [-0.1, -0.05) is 6.07 Å². The molecule has 0 bridgehead atoms. The van der Waals surface area contributed by atoms with E-state index in [0.717, 1.165) is 16.8 Å². The molecule has 2 aromatic heterocycles. The summed E-state index contributed by atoms with van der Waals surface area (Å²) >= 11 is 0. The minimum Gasteiger partial charge on any atom is -0.493 e. The van der Waals surface area contributed by atoms with Gasteiger partial charge in [0.05, 0.1) is 27.6 Å². The third kappa shape index (κ3) is 4.87. The Hall–Kier alpha value is -3.48. The van der Waals surface area contributed by atoms with Crippen LogP contribution >= 0.6 is 0 Å². The molecule has 0 spiro atoms. The number of ether oxygens (including phenoxy) is 3. The average molecular weight is 396 g/mol. The molecular formula is C22H24N2O5. The number of carbonyl (C=O) groups is 1. The molecule has 1 amide bonds. The molecule has 7 heteroatoms. The first-order valence-electron chi connectivity index (χ1n) is 9.19. The molecule has 0 saturated heterocycles. The number of furan rings is 1. The maximum atomic E-state index is 12.3. The van der Waals surface area contributed by atoms with Crippen molar-refractivity contribution in [2.24, 2.45) is 0 Å². The highest BCUT2D eigenvalue weighted by Crippen LogP contribution is 2.40. The summed E-state index contributed by atoms with van der Waals surface area (Å²) in [6.07, 6.45) is 4.15. The quantitative estimate of drug-likeness (QED) is 0.595. The van der Waals surface area contributed by atoms with Crippen molar-refractivity contribution in [1.82, 2.24) is 10.3 Å². The van der Waals surface area contributed by atoms with Crippen LogP contribution in [0.3, 0.4) is 0 Å². The molecule has 0 saturated carbocycles. The molecule has 3 aromatic rings. The fourth-order valence-corrected chi connectivity index (χ4v) is 3.04. The largest absolute Gasteiger partial charge is 0.493 e. The minimum absolute atomic E-state index is 0.0572. The Bertz CT molecular complexity index is 954. The topological polar surface area (TPSA) is 82.8 Å². The Labute approximate surface area is 169 Å². The standard InChI is InChI=1S/C22H24N2O5/c1-26-19-8-6-16(21(27-2)22(19)28-3)7-9-20(25)24-14-15-10-11-23-17(13-15)18-5-4-12-29-18/h4-6,8,10-13H,7,9,14H2,1-3H3,(H,24,25). The van der Waals surface area contributed by atoms with Gasteiger partial charge in [0.2, 0.25) is 11.7 Å². The van der Waals surface area contributed by atoms with E-state index < -0.39 is 0 Å². The summed E-state index contributed by atoms with van der Waals surface area (Å²) in [6, 6.07) is 11.1. The summed E-state index contributed by atoms with van der Waals surface area (Å²) in [5.41, 5.74) is 2.56. The molecular weight excluding hydrogens is 372 g/mol. The first kappa shape index (κ1) is 20.3. The predicted molar refractivity (Wildman–Crippen MR) is 108 cm³/mol. The Kier molecular flexibility index (Phi) is 6.73. The summed E-state index contributed by atoms with van der Waals surface area (Å²) in [5, 5.41) is 2.94. The lowest BCUT2D eigenvalue weighted by Crippen LogP contribution is -2.23. The van der Waals surface area contributed by atoms with Crippen molar-refractivity contribution in [3.8, 4) is 28.7 Å². The second-order valence-corrected chi connectivity index (χ2v) is 6.30. The van der Waals surface area contributed by atoms with Crippen molar-refractivity contribution < 1.29 is 23.4 Å². The van der Waals surface area contributed by atoms with E-state index in [9.17, 15) is 4.79 Å². The molecule has 0 aliphatic rings. The van der Waals surface area contributed by atoms with E-state index in [1.165, 1.54) is 0 Å². The molecule has 1 aromatic carbocycles. The van der Waals surface area contributed by atoms with E-state index in [0.29, 0.717) is 42.4 Å². The molecule has 0 fully saturated rings. The lowest BCUT2D eigenvalue weighted by molar-refractivity contribution is -0.121. The molecule has 7 nitrogen and oxygen atoms in total. The number of carbonyl (C=O) groups excluding carboxylic acids is 1. The van der Waals surface area contributed by atoms with Crippen molar-refractivity contribution in [2.75, 3.05) is 21.3 Å². The zero-order valence-corrected chi connectivity index (χ0v) is 16.7. The number of rotatable bonds is 9. The fraction of sp³-hybridized carbons (Fsp3) is 0.273. The summed E-state index contributed by atoms with van der Waals surface area (Å²) in [7, 11) is 4.70. The van der Waals surface area contributed by atoms with Crippen molar-refractivity contribution in [3.63, 3.8) is 0 Å². The molecule has 0 aliphatic heterocycles. The Morgan fingerprint density at radius 3 is 2.59 bits per heavy atom. The predicted octanol–water partition coefficient (Wildman–Crippen LogP) is 3.62. The van der Waals surface area contributed by atoms with Crippen molar-refractivity contribution in [3.05, 3.63) is 60.0 Å². The monoisotopic (exact) mass is 396 g/mol. The van der Waals surface area contributed by atoms with Gasteiger partial charge >= 0.3 is 0 Å². The Morgan fingerprint density at radius 2 is 1.90 bits per heavy atom. The number of amides is 1. The van der Waals surface area contributed by atoms with Gasteiger partial charge in [-0.25, -0.2) is 0 Å². The summed E-state index contributed by atoms with van der Waals surface area (Å²) in [4.78, 5) is 16.6. The molecule has 29 heavy (non-hydrogen) atoms. The summed E-state index contributed by atoms with van der Waals surface area (Å²) in [5.74, 6) is 2.33. The van der Waals surface area contributed by atoms with Crippen LogP contribution in [0.5, 0.6) is 17.2 Å². The normalized spacial score (nSPS) is 10.4. The van der Waals surface area contributed by atoms with Gasteiger partial charge in [0.25, 0.3) is 0 Å². The number of aromatic nitrogens is 1. The number of aryl methyl sites for hydroxylation is 1. The van der Waals surface area contributed by atoms with Gasteiger partial charge in [0, 0.05) is 19.2 Å². The highest BCUT2D eigenvalue weighted by atomic mass is 16.5. The smallest absolute Gasteiger partial charge is 0.220 e. The van der Waals surface area contributed by atoms with E-state index in [2.05, 4.69) is 10.3 Å². The fourth-order valence-electron chi connectivity index (χ4n) is 3.04. The second-order valence-electron chi connectivity index (χ2n) is 6.30. The second kappa shape index (κ2) is 9.64. The SMILES string of the molecule is COc1ccc(CCC(=O)NCc2ccnc(-c3ccco3)c2)c(OC)c1OC. The molecule has 3 rings (SSSR count). The van der Waals surface area contributed by atoms with Crippen molar-refractivity contribution >= 4 is 5.91 Å². The molecule has 0 radical (unpaired) electrons. The van der Waals surface area contributed by atoms with E-state index in [4.69, 9.17) is 18.6 Å². The van der Waals surface area contributed by atoms with Crippen LogP contribution in [0.4, 0.5) is 0 Å². The van der Waals surface area contributed by atoms with Crippen molar-refractivity contribution in [2.45, 2.75) is 19.4 Å². The summed E-state index contributed by atoms with van der Waals surface area (Å²) < 4.78 is 21.5. The molecule has 0 atom stereocenters. The minimum atomic E-state index is -0.0572. The van der Waals surface area contributed by atoms with Gasteiger partial charge in [0.1, 0.15) is 5.69 Å². The molecule has 0 unspecified atom stereocenters. The number of hydrogen-bond donors (Lipinski definition) is 1. The summed E-state index contributed by atoms with van der Waals surface area (Å²) in [6.45, 7) is 0.415. The lowest BCUT2D eigenvalue weighted by atomic mass is 10.1. The van der Waals surface area contributed by atoms with Crippen LogP contribution in [0.25, 0.3) is 11.5 Å². The van der Waals surface area contributed by atoms with Crippen LogP contribution < -0.4 is 19.5 Å². The number of methoxy groups -OCH3 is 3. The zero-order chi connectivity index (χ0) is 20.6. The lowest BCUT2D eigenvalue weighted by Gasteiger charge is -2.15. The number of benzene rings is 1. The molecule has 152 valence electrons. The molecule has 0 aliphatic carbocycles. The average Bonchev–Trinajstić information content (AvgIpc) is 3.30. The number of nitrogens with one attached hydrogen (secondary N) is 1. The van der Waals surface area contributed by atoms with Crippen LogP contribution in [0.2, 0.25) is 0 Å². The van der Waals surface area contributed by atoms with Gasteiger partial charge < -0.3 is 23.9 Å². The first-order chi connectivity index (χ1) is 14.2. The Balaban J connectivity index is 1.59. The van der Waals surface area contributed by atoms with Crippen LogP contribution in [0.15, 0.2) is 53.3 Å². The van der Waals surface area contributed by atoms with Gasteiger partial charge in [-0.15, -0.1) is 0 Å². The van der Waals surface area contributed by atoms with Crippen LogP contribution in [0.1, 0.15) is 17.5 Å². The van der Waals surface area contributed by atoms with Crippen LogP contribution in [-0.2, 0) is 17.8 Å². The van der Waals surface area contributed by atoms with Crippen LogP contribution in [0, 0.1) is 0 Å². The van der Waals surface area contributed by atoms with Gasteiger partial charge in [0.15, 0.2) is 17.3 Å². The van der Waals surface area contributed by atoms with Crippen LogP contribution in [-0.4, -0.2) is 32.2 Å². The van der Waals surface area contributed by atoms with Gasteiger partial charge in [-0.05, 0) is 47.9 Å². The first-order valence-corrected chi connectivity index (χ1v) is 9.19. The highest BCUT2D eigenvalue weighted by molar-refractivity contribution is 5.76.